The third-order valence-electron chi connectivity index (χ3n) is 2.75. The minimum atomic E-state index is -4.23. The van der Waals surface area contributed by atoms with Crippen molar-refractivity contribution in [2.24, 2.45) is 0 Å². The van der Waals surface area contributed by atoms with E-state index in [-0.39, 0.29) is 0 Å². The summed E-state index contributed by atoms with van der Waals surface area (Å²) in [6.07, 6.45) is 0. The number of benzene rings is 2. The van der Waals surface area contributed by atoms with Crippen molar-refractivity contribution in [3.63, 3.8) is 0 Å². The lowest BCUT2D eigenvalue weighted by molar-refractivity contribution is 0.101. The van der Waals surface area contributed by atoms with Crippen LogP contribution in [0.15, 0.2) is 47.4 Å². The fourth-order valence-corrected chi connectivity index (χ4v) is 3.06. The van der Waals surface area contributed by atoms with Crippen LogP contribution in [-0.2, 0) is 9.84 Å². The summed E-state index contributed by atoms with van der Waals surface area (Å²) in [6, 6.07) is 7.22. The van der Waals surface area contributed by atoms with Crippen LogP contribution in [0.25, 0.3) is 0 Å². The van der Waals surface area contributed by atoms with Crippen LogP contribution in [0.3, 0.4) is 0 Å². The minimum absolute atomic E-state index is 0.463. The van der Waals surface area contributed by atoms with Crippen molar-refractivity contribution in [3.05, 3.63) is 59.7 Å². The Balaban J connectivity index is 2.35. The van der Waals surface area contributed by atoms with Gasteiger partial charge in [-0.3, -0.25) is 4.79 Å². The van der Waals surface area contributed by atoms with E-state index in [1.807, 2.05) is 0 Å². The second kappa shape index (κ2) is 5.61. The summed E-state index contributed by atoms with van der Waals surface area (Å²) in [4.78, 5) is 11.3. The van der Waals surface area contributed by atoms with Crippen molar-refractivity contribution in [1.29, 1.82) is 0 Å². The molecule has 0 aliphatic carbocycles. The molecule has 0 saturated heterocycles. The average Bonchev–Trinajstić information content (AvgIpc) is 2.41. The van der Waals surface area contributed by atoms with Crippen LogP contribution < -0.4 is 0 Å². The third kappa shape index (κ3) is 3.25. The number of hydrogen-bond donors (Lipinski definition) is 1. The summed E-state index contributed by atoms with van der Waals surface area (Å²) < 4.78 is 50.5. The molecule has 2 aromatic carbocycles. The Kier molecular flexibility index (Phi) is 4.04. The fourth-order valence-electron chi connectivity index (χ4n) is 1.76. The number of carbonyl (C=O) groups excluding carboxylic acids is 1. The highest BCUT2D eigenvalue weighted by Gasteiger charge is 2.25. The molecule has 0 heterocycles. The van der Waals surface area contributed by atoms with Gasteiger partial charge in [0.15, 0.2) is 15.6 Å². The molecule has 21 heavy (non-hydrogen) atoms. The van der Waals surface area contributed by atoms with E-state index in [0.717, 1.165) is 30.3 Å². The van der Waals surface area contributed by atoms with E-state index in [4.69, 9.17) is 0 Å². The van der Waals surface area contributed by atoms with E-state index in [0.29, 0.717) is 0 Å². The van der Waals surface area contributed by atoms with Crippen LogP contribution in [0.2, 0.25) is 0 Å². The molecule has 2 aromatic rings. The molecule has 0 amide bonds. The third-order valence-corrected chi connectivity index (χ3v) is 4.40. The van der Waals surface area contributed by atoms with Gasteiger partial charge in [-0.1, -0.05) is 12.1 Å². The Hall–Kier alpha value is -2.28. The van der Waals surface area contributed by atoms with Gasteiger partial charge >= 0.3 is 0 Å². The van der Waals surface area contributed by atoms with E-state index in [9.17, 15) is 27.1 Å². The molecule has 0 aliphatic rings. The zero-order valence-corrected chi connectivity index (χ0v) is 11.4. The fraction of sp³-hybridized carbons (Fsp3) is 0.0714. The lowest BCUT2D eigenvalue weighted by atomic mass is 10.1. The molecular formula is C14H10F2O4S. The smallest absolute Gasteiger partial charge is 0.188 e. The molecular weight excluding hydrogens is 302 g/mol. The maximum atomic E-state index is 13.5. The number of phenolic OH excluding ortho intramolecular Hbond substituents is 1. The summed E-state index contributed by atoms with van der Waals surface area (Å²) in [6.45, 7) is 0. The Morgan fingerprint density at radius 2 is 1.76 bits per heavy atom. The van der Waals surface area contributed by atoms with Crippen molar-refractivity contribution in [3.8, 4) is 5.75 Å². The molecule has 0 atom stereocenters. The van der Waals surface area contributed by atoms with E-state index < -0.39 is 49.2 Å². The predicted molar refractivity (Wildman–Crippen MR) is 70.8 cm³/mol. The number of hydrogen-bond acceptors (Lipinski definition) is 4. The Bertz CT molecular complexity index is 800. The Labute approximate surface area is 119 Å². The van der Waals surface area contributed by atoms with Crippen molar-refractivity contribution < 1.29 is 27.1 Å². The first-order valence-corrected chi connectivity index (χ1v) is 7.45. The van der Waals surface area contributed by atoms with E-state index in [1.165, 1.54) is 12.1 Å². The first kappa shape index (κ1) is 15.1. The van der Waals surface area contributed by atoms with Gasteiger partial charge < -0.3 is 5.11 Å². The number of carbonyl (C=O) groups is 1. The molecule has 1 N–H and O–H groups in total. The molecule has 4 nitrogen and oxygen atoms in total. The molecule has 0 aliphatic heterocycles. The zero-order chi connectivity index (χ0) is 15.6. The van der Waals surface area contributed by atoms with Crippen molar-refractivity contribution in [2.45, 2.75) is 4.90 Å². The van der Waals surface area contributed by atoms with Crippen molar-refractivity contribution in [1.82, 2.24) is 0 Å². The molecule has 0 saturated carbocycles. The number of Topliss-reactive ketones (excluding diaryl/α,β-unsaturated/α-hetero) is 1. The highest BCUT2D eigenvalue weighted by molar-refractivity contribution is 7.92. The van der Waals surface area contributed by atoms with Gasteiger partial charge in [0.2, 0.25) is 0 Å². The van der Waals surface area contributed by atoms with Gasteiger partial charge in [0, 0.05) is 0 Å². The molecule has 0 unspecified atom stereocenters. The normalized spacial score (nSPS) is 11.3. The molecule has 0 radical (unpaired) electrons. The van der Waals surface area contributed by atoms with Gasteiger partial charge in [-0.05, 0) is 30.3 Å². The quantitative estimate of drug-likeness (QED) is 0.880. The SMILES string of the molecule is O=C(CS(=O)(=O)c1ccccc1F)c1cc(F)ccc1O. The van der Waals surface area contributed by atoms with Crippen molar-refractivity contribution >= 4 is 15.6 Å². The van der Waals surface area contributed by atoms with Crippen molar-refractivity contribution in [2.75, 3.05) is 5.75 Å². The Morgan fingerprint density at radius 1 is 1.10 bits per heavy atom. The summed E-state index contributed by atoms with van der Waals surface area (Å²) >= 11 is 0. The molecule has 0 spiro atoms. The number of ketones is 1. The maximum Gasteiger partial charge on any atom is 0.188 e. The highest BCUT2D eigenvalue weighted by atomic mass is 32.2. The number of rotatable bonds is 4. The zero-order valence-electron chi connectivity index (χ0n) is 10.6. The van der Waals surface area contributed by atoms with E-state index in [1.54, 1.807) is 0 Å². The molecule has 0 aromatic heterocycles. The van der Waals surface area contributed by atoms with Gasteiger partial charge in [0.25, 0.3) is 0 Å². The average molecular weight is 312 g/mol. The highest BCUT2D eigenvalue weighted by Crippen LogP contribution is 2.21. The van der Waals surface area contributed by atoms with Gasteiger partial charge in [-0.2, -0.15) is 0 Å². The molecule has 7 heteroatoms. The van der Waals surface area contributed by atoms with Gasteiger partial charge in [0.05, 0.1) is 5.56 Å². The predicted octanol–water partition coefficient (Wildman–Crippen LogP) is 2.33. The summed E-state index contributed by atoms with van der Waals surface area (Å²) in [5.41, 5.74) is -0.463. The summed E-state index contributed by atoms with van der Waals surface area (Å²) in [5.74, 6) is -4.39. The first-order valence-electron chi connectivity index (χ1n) is 5.80. The summed E-state index contributed by atoms with van der Waals surface area (Å²) in [5, 5.41) is 9.47. The van der Waals surface area contributed by atoms with E-state index >= 15 is 0 Å². The monoisotopic (exact) mass is 312 g/mol. The van der Waals surface area contributed by atoms with Crippen LogP contribution in [0.5, 0.6) is 5.75 Å². The number of aromatic hydroxyl groups is 1. The topological polar surface area (TPSA) is 71.4 Å². The number of phenols is 1. The number of halogens is 2. The molecule has 0 bridgehead atoms. The largest absolute Gasteiger partial charge is 0.507 e. The molecule has 110 valence electrons. The van der Waals surface area contributed by atoms with Crippen LogP contribution in [0, 0.1) is 11.6 Å². The minimum Gasteiger partial charge on any atom is -0.507 e. The maximum absolute atomic E-state index is 13.5. The van der Waals surface area contributed by atoms with Gasteiger partial charge in [-0.15, -0.1) is 0 Å². The molecule has 0 fully saturated rings. The number of sulfone groups is 1. The van der Waals surface area contributed by atoms with E-state index in [2.05, 4.69) is 0 Å². The lowest BCUT2D eigenvalue weighted by Gasteiger charge is -2.06. The lowest BCUT2D eigenvalue weighted by Crippen LogP contribution is -2.17. The van der Waals surface area contributed by atoms with Gasteiger partial charge in [0.1, 0.15) is 28.0 Å². The standard InChI is InChI=1S/C14H10F2O4S/c15-9-5-6-12(17)10(7-9)13(18)8-21(19,20)14-4-2-1-3-11(14)16/h1-7,17H,8H2. The van der Waals surface area contributed by atoms with Crippen LogP contribution >= 0.6 is 0 Å². The van der Waals surface area contributed by atoms with Crippen LogP contribution in [-0.4, -0.2) is 25.1 Å². The van der Waals surface area contributed by atoms with Crippen LogP contribution in [0.4, 0.5) is 8.78 Å². The first-order chi connectivity index (χ1) is 9.81. The van der Waals surface area contributed by atoms with Crippen LogP contribution in [0.1, 0.15) is 10.4 Å². The molecule has 2 rings (SSSR count). The second-order valence-corrected chi connectivity index (χ2v) is 6.23. The Morgan fingerprint density at radius 3 is 2.43 bits per heavy atom. The second-order valence-electron chi connectivity index (χ2n) is 4.27. The van der Waals surface area contributed by atoms with Gasteiger partial charge in [-0.25, -0.2) is 17.2 Å². The summed E-state index contributed by atoms with van der Waals surface area (Å²) in [7, 11) is -4.23.